The largest absolute Gasteiger partial charge is 0.450 e. The van der Waals surface area contributed by atoms with E-state index in [4.69, 9.17) is 0 Å². The summed E-state index contributed by atoms with van der Waals surface area (Å²) in [6.45, 7) is 0. The number of Topliss-reactive ketones (excluding diaryl/α,β-unsaturated/α-hetero) is 1. The molecule has 0 aliphatic carbocycles. The molecule has 0 unspecified atom stereocenters. The minimum absolute atomic E-state index is 0.257. The van der Waals surface area contributed by atoms with E-state index in [-0.39, 0.29) is 5.56 Å². The second-order valence-corrected chi connectivity index (χ2v) is 3.52. The Labute approximate surface area is 90.9 Å². The van der Waals surface area contributed by atoms with Crippen molar-refractivity contribution in [2.24, 2.45) is 0 Å². The number of hydrogen-bond donors (Lipinski definition) is 0. The number of alkyl halides is 3. The molecule has 0 N–H and O–H groups in total. The summed E-state index contributed by atoms with van der Waals surface area (Å²) in [7, 11) is 3.53. The fourth-order valence-electron chi connectivity index (χ4n) is 1.07. The van der Waals surface area contributed by atoms with Gasteiger partial charge in [0.2, 0.25) is 5.78 Å². The SMILES string of the molecule is CN(C)c1ccc(CC(=O)C(F)(F)F)cn1. The van der Waals surface area contributed by atoms with E-state index in [1.54, 1.807) is 25.1 Å². The number of carbonyl (C=O) groups is 1. The van der Waals surface area contributed by atoms with Gasteiger partial charge in [-0.15, -0.1) is 0 Å². The van der Waals surface area contributed by atoms with Crippen LogP contribution in [0.5, 0.6) is 0 Å². The van der Waals surface area contributed by atoms with Gasteiger partial charge in [-0.05, 0) is 11.6 Å². The van der Waals surface area contributed by atoms with E-state index in [0.29, 0.717) is 5.82 Å². The topological polar surface area (TPSA) is 33.2 Å². The van der Waals surface area contributed by atoms with Gasteiger partial charge in [0.25, 0.3) is 0 Å². The molecule has 0 saturated carbocycles. The summed E-state index contributed by atoms with van der Waals surface area (Å²) in [5, 5.41) is 0. The molecule has 6 heteroatoms. The minimum atomic E-state index is -4.78. The van der Waals surface area contributed by atoms with Crippen molar-refractivity contribution in [1.29, 1.82) is 0 Å². The van der Waals surface area contributed by atoms with Crippen molar-refractivity contribution < 1.29 is 18.0 Å². The van der Waals surface area contributed by atoms with Crippen LogP contribution >= 0.6 is 0 Å². The first-order valence-corrected chi connectivity index (χ1v) is 4.53. The lowest BCUT2D eigenvalue weighted by Crippen LogP contribution is -2.24. The third-order valence-electron chi connectivity index (χ3n) is 1.95. The molecule has 0 saturated heterocycles. The van der Waals surface area contributed by atoms with Crippen LogP contribution < -0.4 is 4.90 Å². The summed E-state index contributed by atoms with van der Waals surface area (Å²) >= 11 is 0. The van der Waals surface area contributed by atoms with E-state index in [1.165, 1.54) is 12.3 Å². The smallest absolute Gasteiger partial charge is 0.363 e. The monoisotopic (exact) mass is 232 g/mol. The van der Waals surface area contributed by atoms with Crippen LogP contribution in [0.25, 0.3) is 0 Å². The van der Waals surface area contributed by atoms with Crippen LogP contribution in [-0.4, -0.2) is 31.0 Å². The molecule has 1 aromatic rings. The van der Waals surface area contributed by atoms with Gasteiger partial charge in [-0.25, -0.2) is 4.98 Å². The molecule has 0 atom stereocenters. The summed E-state index contributed by atoms with van der Waals surface area (Å²) in [4.78, 5) is 16.3. The predicted molar refractivity (Wildman–Crippen MR) is 53.3 cm³/mol. The van der Waals surface area contributed by atoms with Crippen LogP contribution in [-0.2, 0) is 11.2 Å². The van der Waals surface area contributed by atoms with Gasteiger partial charge in [0.1, 0.15) is 5.82 Å². The zero-order valence-corrected chi connectivity index (χ0v) is 8.88. The molecule has 1 rings (SSSR count). The van der Waals surface area contributed by atoms with Gasteiger partial charge in [0, 0.05) is 26.7 Å². The molecule has 88 valence electrons. The number of hydrogen-bond acceptors (Lipinski definition) is 3. The summed E-state index contributed by atoms with van der Waals surface area (Å²) in [6.07, 6.45) is -4.16. The normalized spacial score (nSPS) is 11.3. The van der Waals surface area contributed by atoms with E-state index < -0.39 is 18.4 Å². The van der Waals surface area contributed by atoms with Crippen LogP contribution in [0.2, 0.25) is 0 Å². The highest BCUT2D eigenvalue weighted by atomic mass is 19.4. The summed E-state index contributed by atoms with van der Waals surface area (Å²) < 4.78 is 35.9. The fourth-order valence-corrected chi connectivity index (χ4v) is 1.07. The third-order valence-corrected chi connectivity index (χ3v) is 1.95. The molecular formula is C10H11F3N2O. The first-order valence-electron chi connectivity index (χ1n) is 4.53. The second kappa shape index (κ2) is 4.51. The highest BCUT2D eigenvalue weighted by Gasteiger charge is 2.37. The summed E-state index contributed by atoms with van der Waals surface area (Å²) in [5.41, 5.74) is 0.257. The zero-order chi connectivity index (χ0) is 12.3. The van der Waals surface area contributed by atoms with Gasteiger partial charge < -0.3 is 4.90 Å². The van der Waals surface area contributed by atoms with Crippen molar-refractivity contribution >= 4 is 11.6 Å². The Kier molecular flexibility index (Phi) is 3.51. The predicted octanol–water partition coefficient (Wildman–Crippen LogP) is 1.82. The molecule has 3 nitrogen and oxygen atoms in total. The lowest BCUT2D eigenvalue weighted by Gasteiger charge is -2.11. The van der Waals surface area contributed by atoms with Crippen LogP contribution in [0.4, 0.5) is 19.0 Å². The molecule has 0 bridgehead atoms. The number of nitrogens with zero attached hydrogens (tertiary/aromatic N) is 2. The molecule has 0 radical (unpaired) electrons. The molecule has 0 spiro atoms. The number of carbonyl (C=O) groups excluding carboxylic acids is 1. The fraction of sp³-hybridized carbons (Fsp3) is 0.400. The third kappa shape index (κ3) is 3.22. The van der Waals surface area contributed by atoms with Crippen molar-refractivity contribution in [3.05, 3.63) is 23.9 Å². The first-order chi connectivity index (χ1) is 7.30. The van der Waals surface area contributed by atoms with Crippen molar-refractivity contribution in [3.8, 4) is 0 Å². The lowest BCUT2D eigenvalue weighted by atomic mass is 10.1. The molecule has 16 heavy (non-hydrogen) atoms. The quantitative estimate of drug-likeness (QED) is 0.797. The first kappa shape index (κ1) is 12.5. The molecule has 0 aliphatic heterocycles. The van der Waals surface area contributed by atoms with Gasteiger partial charge in [-0.1, -0.05) is 6.07 Å². The van der Waals surface area contributed by atoms with Crippen molar-refractivity contribution in [3.63, 3.8) is 0 Å². The highest BCUT2D eigenvalue weighted by molar-refractivity contribution is 5.86. The molecule has 0 aromatic carbocycles. The van der Waals surface area contributed by atoms with Crippen LogP contribution in [0.3, 0.4) is 0 Å². The number of anilines is 1. The van der Waals surface area contributed by atoms with Gasteiger partial charge in [0.05, 0.1) is 0 Å². The van der Waals surface area contributed by atoms with Crippen molar-refractivity contribution in [2.45, 2.75) is 12.6 Å². The number of rotatable bonds is 3. The number of pyridine rings is 1. The van der Waals surface area contributed by atoms with E-state index in [2.05, 4.69) is 4.98 Å². The molecule has 1 heterocycles. The maximum Gasteiger partial charge on any atom is 0.450 e. The van der Waals surface area contributed by atoms with Crippen LogP contribution in [0.1, 0.15) is 5.56 Å². The van der Waals surface area contributed by atoms with Crippen molar-refractivity contribution in [2.75, 3.05) is 19.0 Å². The average molecular weight is 232 g/mol. The standard InChI is InChI=1S/C10H11F3N2O/c1-15(2)9-4-3-7(6-14-9)5-8(16)10(11,12)13/h3-4,6H,5H2,1-2H3. The van der Waals surface area contributed by atoms with E-state index >= 15 is 0 Å². The van der Waals surface area contributed by atoms with Crippen LogP contribution in [0, 0.1) is 0 Å². The Hall–Kier alpha value is -1.59. The Morgan fingerprint density at radius 3 is 2.38 bits per heavy atom. The molecule has 0 amide bonds. The van der Waals surface area contributed by atoms with Gasteiger partial charge in [0.15, 0.2) is 0 Å². The van der Waals surface area contributed by atoms with E-state index in [9.17, 15) is 18.0 Å². The van der Waals surface area contributed by atoms with Gasteiger partial charge in [-0.3, -0.25) is 4.79 Å². The van der Waals surface area contributed by atoms with E-state index in [1.807, 2.05) is 0 Å². The second-order valence-electron chi connectivity index (χ2n) is 3.52. The van der Waals surface area contributed by atoms with Gasteiger partial charge >= 0.3 is 6.18 Å². The van der Waals surface area contributed by atoms with Crippen molar-refractivity contribution in [1.82, 2.24) is 4.98 Å². The van der Waals surface area contributed by atoms with Crippen LogP contribution in [0.15, 0.2) is 18.3 Å². The Morgan fingerprint density at radius 1 is 1.38 bits per heavy atom. The number of halogens is 3. The number of aromatic nitrogens is 1. The Balaban J connectivity index is 2.73. The summed E-state index contributed by atoms with van der Waals surface area (Å²) in [6, 6.07) is 3.03. The highest BCUT2D eigenvalue weighted by Crippen LogP contribution is 2.19. The minimum Gasteiger partial charge on any atom is -0.363 e. The Morgan fingerprint density at radius 2 is 2.00 bits per heavy atom. The molecule has 0 aliphatic rings. The molecular weight excluding hydrogens is 221 g/mol. The zero-order valence-electron chi connectivity index (χ0n) is 8.88. The van der Waals surface area contributed by atoms with E-state index in [0.717, 1.165) is 0 Å². The molecule has 0 fully saturated rings. The number of ketones is 1. The average Bonchev–Trinajstić information content (AvgIpc) is 2.17. The molecule has 1 aromatic heterocycles. The maximum atomic E-state index is 12.0. The summed E-state index contributed by atoms with van der Waals surface area (Å²) in [5.74, 6) is -1.13. The lowest BCUT2D eigenvalue weighted by molar-refractivity contribution is -0.170. The Bertz CT molecular complexity index is 371. The maximum absolute atomic E-state index is 12.0. The van der Waals surface area contributed by atoms with Gasteiger partial charge in [-0.2, -0.15) is 13.2 Å².